The maximum absolute atomic E-state index is 12.5. The molecule has 0 bridgehead atoms. The molecule has 0 aromatic heterocycles. The van der Waals surface area contributed by atoms with E-state index in [0.29, 0.717) is 0 Å². The van der Waals surface area contributed by atoms with E-state index in [0.717, 1.165) is 24.1 Å². The van der Waals surface area contributed by atoms with Crippen molar-refractivity contribution in [2.75, 3.05) is 5.32 Å². The van der Waals surface area contributed by atoms with Crippen LogP contribution in [0, 0.1) is 0 Å². The lowest BCUT2D eigenvalue weighted by atomic mass is 9.87. The fourth-order valence-corrected chi connectivity index (χ4v) is 3.13. The van der Waals surface area contributed by atoms with Crippen molar-refractivity contribution in [2.24, 2.45) is 0 Å². The standard InChI is InChI=1S/C21H25NO/c1-21(2,3)18-10-12-19(13-11-18)22-20(23)17-9-8-15-6-4-5-7-16(15)14-17/h8-14H,4-7H2,1-3H3,(H,22,23). The molecule has 0 unspecified atom stereocenters. The van der Waals surface area contributed by atoms with Crippen LogP contribution in [0.1, 0.15) is 60.7 Å². The highest BCUT2D eigenvalue weighted by atomic mass is 16.1. The van der Waals surface area contributed by atoms with Crippen molar-refractivity contribution in [3.8, 4) is 0 Å². The van der Waals surface area contributed by atoms with E-state index >= 15 is 0 Å². The summed E-state index contributed by atoms with van der Waals surface area (Å²) in [5, 5.41) is 3.00. The van der Waals surface area contributed by atoms with E-state index in [1.54, 1.807) is 0 Å². The molecule has 0 fully saturated rings. The Balaban J connectivity index is 1.74. The smallest absolute Gasteiger partial charge is 0.255 e. The van der Waals surface area contributed by atoms with Gasteiger partial charge in [-0.25, -0.2) is 0 Å². The summed E-state index contributed by atoms with van der Waals surface area (Å²) >= 11 is 0. The Hall–Kier alpha value is -2.09. The van der Waals surface area contributed by atoms with Crippen LogP contribution in [-0.2, 0) is 18.3 Å². The Kier molecular flexibility index (Phi) is 4.25. The molecule has 0 spiro atoms. The molecule has 23 heavy (non-hydrogen) atoms. The van der Waals surface area contributed by atoms with Gasteiger partial charge in [0.1, 0.15) is 0 Å². The summed E-state index contributed by atoms with van der Waals surface area (Å²) in [4.78, 5) is 12.5. The molecule has 0 saturated heterocycles. The zero-order chi connectivity index (χ0) is 16.4. The van der Waals surface area contributed by atoms with Crippen LogP contribution in [0.5, 0.6) is 0 Å². The first-order valence-corrected chi connectivity index (χ1v) is 8.47. The largest absolute Gasteiger partial charge is 0.322 e. The first-order chi connectivity index (χ1) is 10.9. The van der Waals surface area contributed by atoms with Gasteiger partial charge < -0.3 is 5.32 Å². The molecule has 0 atom stereocenters. The molecule has 120 valence electrons. The van der Waals surface area contributed by atoms with Gasteiger partial charge in [0.2, 0.25) is 0 Å². The molecule has 1 aliphatic carbocycles. The fourth-order valence-electron chi connectivity index (χ4n) is 3.13. The zero-order valence-electron chi connectivity index (χ0n) is 14.3. The topological polar surface area (TPSA) is 29.1 Å². The molecule has 3 rings (SSSR count). The van der Waals surface area contributed by atoms with Crippen molar-refractivity contribution in [3.63, 3.8) is 0 Å². The van der Waals surface area contributed by atoms with Gasteiger partial charge in [0, 0.05) is 11.3 Å². The molecule has 1 N–H and O–H groups in total. The summed E-state index contributed by atoms with van der Waals surface area (Å²) in [7, 11) is 0. The van der Waals surface area contributed by atoms with E-state index < -0.39 is 0 Å². The molecule has 2 nitrogen and oxygen atoms in total. The maximum Gasteiger partial charge on any atom is 0.255 e. The maximum atomic E-state index is 12.5. The monoisotopic (exact) mass is 307 g/mol. The average molecular weight is 307 g/mol. The summed E-state index contributed by atoms with van der Waals surface area (Å²) in [5.74, 6) is -0.0260. The van der Waals surface area contributed by atoms with Crippen LogP contribution >= 0.6 is 0 Å². The Morgan fingerprint density at radius 3 is 2.22 bits per heavy atom. The lowest BCUT2D eigenvalue weighted by molar-refractivity contribution is 0.102. The number of aryl methyl sites for hydroxylation is 2. The van der Waals surface area contributed by atoms with Crippen molar-refractivity contribution in [1.82, 2.24) is 0 Å². The summed E-state index contributed by atoms with van der Waals surface area (Å²) < 4.78 is 0. The molecule has 1 amide bonds. The first-order valence-electron chi connectivity index (χ1n) is 8.47. The van der Waals surface area contributed by atoms with Gasteiger partial charge in [-0.05, 0) is 72.1 Å². The third-order valence-corrected chi connectivity index (χ3v) is 4.62. The quantitative estimate of drug-likeness (QED) is 0.820. The van der Waals surface area contributed by atoms with Crippen molar-refractivity contribution in [2.45, 2.75) is 51.9 Å². The van der Waals surface area contributed by atoms with E-state index in [-0.39, 0.29) is 11.3 Å². The van der Waals surface area contributed by atoms with Gasteiger partial charge in [-0.3, -0.25) is 4.79 Å². The second-order valence-electron chi connectivity index (χ2n) is 7.47. The van der Waals surface area contributed by atoms with E-state index in [2.05, 4.69) is 50.4 Å². The minimum atomic E-state index is -0.0260. The van der Waals surface area contributed by atoms with Crippen LogP contribution in [0.2, 0.25) is 0 Å². The summed E-state index contributed by atoms with van der Waals surface area (Å²) in [6.45, 7) is 6.56. The van der Waals surface area contributed by atoms with Gasteiger partial charge in [-0.1, -0.05) is 39.0 Å². The van der Waals surface area contributed by atoms with Crippen LogP contribution in [0.15, 0.2) is 42.5 Å². The lowest BCUT2D eigenvalue weighted by Crippen LogP contribution is -2.14. The van der Waals surface area contributed by atoms with Crippen molar-refractivity contribution in [1.29, 1.82) is 0 Å². The number of nitrogens with one attached hydrogen (secondary N) is 1. The molecular formula is C21H25NO. The number of amides is 1. The van der Waals surface area contributed by atoms with Gasteiger partial charge in [0.05, 0.1) is 0 Å². The van der Waals surface area contributed by atoms with Gasteiger partial charge in [0.25, 0.3) is 5.91 Å². The summed E-state index contributed by atoms with van der Waals surface area (Å²) in [6.07, 6.45) is 4.73. The van der Waals surface area contributed by atoms with Crippen molar-refractivity contribution in [3.05, 3.63) is 64.7 Å². The molecule has 0 saturated carbocycles. The number of carbonyl (C=O) groups is 1. The minimum Gasteiger partial charge on any atom is -0.322 e. The van der Waals surface area contributed by atoms with Crippen LogP contribution in [0.25, 0.3) is 0 Å². The Labute approximate surface area is 138 Å². The molecule has 0 radical (unpaired) electrons. The second-order valence-corrected chi connectivity index (χ2v) is 7.47. The first kappa shape index (κ1) is 15.8. The number of benzene rings is 2. The van der Waals surface area contributed by atoms with Gasteiger partial charge in [-0.15, -0.1) is 0 Å². The van der Waals surface area contributed by atoms with Crippen LogP contribution < -0.4 is 5.32 Å². The lowest BCUT2D eigenvalue weighted by Gasteiger charge is -2.19. The van der Waals surface area contributed by atoms with E-state index in [1.807, 2.05) is 18.2 Å². The van der Waals surface area contributed by atoms with E-state index in [4.69, 9.17) is 0 Å². The SMILES string of the molecule is CC(C)(C)c1ccc(NC(=O)c2ccc3c(c2)CCCC3)cc1. The molecule has 2 heteroatoms. The number of hydrogen-bond donors (Lipinski definition) is 1. The highest BCUT2D eigenvalue weighted by molar-refractivity contribution is 6.04. The highest BCUT2D eigenvalue weighted by Gasteiger charge is 2.15. The third-order valence-electron chi connectivity index (χ3n) is 4.62. The summed E-state index contributed by atoms with van der Waals surface area (Å²) in [6, 6.07) is 14.3. The Morgan fingerprint density at radius 2 is 1.57 bits per heavy atom. The molecule has 2 aromatic carbocycles. The highest BCUT2D eigenvalue weighted by Crippen LogP contribution is 2.25. The number of fused-ring (bicyclic) bond motifs is 1. The van der Waals surface area contributed by atoms with Crippen molar-refractivity contribution >= 4 is 11.6 Å². The van der Waals surface area contributed by atoms with Crippen LogP contribution in [0.3, 0.4) is 0 Å². The summed E-state index contributed by atoms with van der Waals surface area (Å²) in [5.41, 5.74) is 5.74. The fraction of sp³-hybridized carbons (Fsp3) is 0.381. The molecule has 0 aliphatic heterocycles. The van der Waals surface area contributed by atoms with Gasteiger partial charge in [-0.2, -0.15) is 0 Å². The van der Waals surface area contributed by atoms with Crippen molar-refractivity contribution < 1.29 is 4.79 Å². The third kappa shape index (κ3) is 3.64. The predicted octanol–water partition coefficient (Wildman–Crippen LogP) is 5.12. The zero-order valence-corrected chi connectivity index (χ0v) is 14.3. The Morgan fingerprint density at radius 1 is 0.913 bits per heavy atom. The molecule has 0 heterocycles. The second kappa shape index (κ2) is 6.19. The number of rotatable bonds is 2. The minimum absolute atomic E-state index is 0.0260. The van der Waals surface area contributed by atoms with E-state index in [9.17, 15) is 4.79 Å². The number of anilines is 1. The van der Waals surface area contributed by atoms with Gasteiger partial charge in [0.15, 0.2) is 0 Å². The Bertz CT molecular complexity index is 708. The molecular weight excluding hydrogens is 282 g/mol. The predicted molar refractivity (Wildman–Crippen MR) is 96.2 cm³/mol. The number of carbonyl (C=O) groups excluding carboxylic acids is 1. The molecule has 1 aliphatic rings. The van der Waals surface area contributed by atoms with E-state index in [1.165, 1.54) is 29.5 Å². The number of hydrogen-bond acceptors (Lipinski definition) is 1. The van der Waals surface area contributed by atoms with Crippen LogP contribution in [0.4, 0.5) is 5.69 Å². The normalized spacial score (nSPS) is 14.2. The average Bonchev–Trinajstić information content (AvgIpc) is 2.54. The van der Waals surface area contributed by atoms with Gasteiger partial charge >= 0.3 is 0 Å². The molecule has 2 aromatic rings. The van der Waals surface area contributed by atoms with Crippen LogP contribution in [-0.4, -0.2) is 5.91 Å².